The Bertz CT molecular complexity index is 441. The number of piperidine rings is 1. The van der Waals surface area contributed by atoms with Gasteiger partial charge in [0.25, 0.3) is 5.91 Å². The summed E-state index contributed by atoms with van der Waals surface area (Å²) in [6.07, 6.45) is 3.68. The molecular formula is C11H15N3O3. The quantitative estimate of drug-likeness (QED) is 0.796. The molecule has 1 saturated heterocycles. The average molecular weight is 237 g/mol. The molecule has 6 heteroatoms. The van der Waals surface area contributed by atoms with E-state index in [0.717, 1.165) is 12.8 Å². The lowest BCUT2D eigenvalue weighted by molar-refractivity contribution is -0.143. The van der Waals surface area contributed by atoms with Gasteiger partial charge < -0.3 is 10.0 Å². The number of rotatable bonds is 2. The molecule has 0 saturated carbocycles. The van der Waals surface area contributed by atoms with E-state index in [9.17, 15) is 9.59 Å². The summed E-state index contributed by atoms with van der Waals surface area (Å²) in [7, 11) is 0. The number of aromatic nitrogens is 2. The normalized spacial score (nSPS) is 20.3. The van der Waals surface area contributed by atoms with Gasteiger partial charge in [0.15, 0.2) is 0 Å². The molecule has 1 aliphatic heterocycles. The van der Waals surface area contributed by atoms with E-state index in [4.69, 9.17) is 5.11 Å². The number of carbonyl (C=O) groups is 2. The van der Waals surface area contributed by atoms with Gasteiger partial charge in [-0.2, -0.15) is 5.10 Å². The number of aryl methyl sites for hydroxylation is 1. The fourth-order valence-electron chi connectivity index (χ4n) is 2.15. The minimum Gasteiger partial charge on any atom is -0.480 e. The first kappa shape index (κ1) is 11.6. The Morgan fingerprint density at radius 2 is 2.29 bits per heavy atom. The van der Waals surface area contributed by atoms with Gasteiger partial charge in [0.2, 0.25) is 0 Å². The minimum absolute atomic E-state index is 0.247. The fourth-order valence-corrected chi connectivity index (χ4v) is 2.15. The third kappa shape index (κ3) is 2.15. The van der Waals surface area contributed by atoms with Crippen LogP contribution in [0.25, 0.3) is 0 Å². The van der Waals surface area contributed by atoms with E-state index >= 15 is 0 Å². The summed E-state index contributed by atoms with van der Waals surface area (Å²) in [5.41, 5.74) is 1.13. The maximum absolute atomic E-state index is 12.2. The Labute approximate surface area is 98.6 Å². The highest BCUT2D eigenvalue weighted by atomic mass is 16.4. The Morgan fingerprint density at radius 3 is 2.88 bits per heavy atom. The van der Waals surface area contributed by atoms with Gasteiger partial charge in [-0.15, -0.1) is 0 Å². The van der Waals surface area contributed by atoms with Gasteiger partial charge in [0.1, 0.15) is 6.04 Å². The molecule has 92 valence electrons. The van der Waals surface area contributed by atoms with E-state index in [2.05, 4.69) is 10.2 Å². The molecule has 1 unspecified atom stereocenters. The second-order valence-corrected chi connectivity index (χ2v) is 4.26. The molecule has 1 atom stereocenters. The maximum Gasteiger partial charge on any atom is 0.326 e. The Balaban J connectivity index is 2.23. The summed E-state index contributed by atoms with van der Waals surface area (Å²) in [4.78, 5) is 24.7. The van der Waals surface area contributed by atoms with Crippen LogP contribution in [0.15, 0.2) is 6.20 Å². The molecule has 0 aromatic carbocycles. The number of hydrogen-bond donors (Lipinski definition) is 2. The molecule has 2 N–H and O–H groups in total. The van der Waals surface area contributed by atoms with Gasteiger partial charge in [0, 0.05) is 12.2 Å². The van der Waals surface area contributed by atoms with Crippen LogP contribution < -0.4 is 0 Å². The highest BCUT2D eigenvalue weighted by Crippen LogP contribution is 2.20. The van der Waals surface area contributed by atoms with E-state index in [1.54, 1.807) is 6.92 Å². The minimum atomic E-state index is -0.931. The van der Waals surface area contributed by atoms with Gasteiger partial charge >= 0.3 is 5.97 Å². The van der Waals surface area contributed by atoms with Crippen molar-refractivity contribution in [2.24, 2.45) is 0 Å². The largest absolute Gasteiger partial charge is 0.480 e. The van der Waals surface area contributed by atoms with Gasteiger partial charge in [-0.1, -0.05) is 0 Å². The van der Waals surface area contributed by atoms with Crippen LogP contribution in [0, 0.1) is 6.92 Å². The molecule has 2 heterocycles. The van der Waals surface area contributed by atoms with Crippen molar-refractivity contribution in [1.82, 2.24) is 15.1 Å². The van der Waals surface area contributed by atoms with E-state index in [1.807, 2.05) is 0 Å². The fraction of sp³-hybridized carbons (Fsp3) is 0.545. The van der Waals surface area contributed by atoms with Crippen LogP contribution in [-0.4, -0.2) is 44.7 Å². The number of likely N-dealkylation sites (tertiary alicyclic amines) is 1. The molecule has 0 spiro atoms. The van der Waals surface area contributed by atoms with Gasteiger partial charge in [-0.25, -0.2) is 4.79 Å². The molecule has 1 aromatic rings. The lowest BCUT2D eigenvalue weighted by atomic mass is 10.0. The van der Waals surface area contributed by atoms with Crippen molar-refractivity contribution < 1.29 is 14.7 Å². The molecule has 1 amide bonds. The van der Waals surface area contributed by atoms with Crippen LogP contribution in [0.5, 0.6) is 0 Å². The Hall–Kier alpha value is -1.85. The zero-order valence-electron chi connectivity index (χ0n) is 9.64. The van der Waals surface area contributed by atoms with Crippen molar-refractivity contribution >= 4 is 11.9 Å². The van der Waals surface area contributed by atoms with Crippen molar-refractivity contribution in [2.45, 2.75) is 32.2 Å². The number of carboxylic acid groups (broad SMARTS) is 1. The number of amides is 1. The van der Waals surface area contributed by atoms with E-state index < -0.39 is 12.0 Å². The molecule has 1 aromatic heterocycles. The number of hydrogen-bond acceptors (Lipinski definition) is 3. The molecule has 2 rings (SSSR count). The predicted octanol–water partition coefficient (Wildman–Crippen LogP) is 0.797. The maximum atomic E-state index is 12.2. The van der Waals surface area contributed by atoms with E-state index in [-0.39, 0.29) is 5.91 Å². The van der Waals surface area contributed by atoms with E-state index in [0.29, 0.717) is 24.2 Å². The number of aliphatic carboxylic acids is 1. The second-order valence-electron chi connectivity index (χ2n) is 4.26. The first-order valence-electron chi connectivity index (χ1n) is 5.65. The van der Waals surface area contributed by atoms with Crippen LogP contribution in [0.1, 0.15) is 35.3 Å². The van der Waals surface area contributed by atoms with Crippen molar-refractivity contribution in [3.8, 4) is 0 Å². The predicted molar refractivity (Wildman–Crippen MR) is 59.6 cm³/mol. The van der Waals surface area contributed by atoms with Gasteiger partial charge in [-0.05, 0) is 26.2 Å². The third-order valence-corrected chi connectivity index (χ3v) is 3.11. The zero-order chi connectivity index (χ0) is 12.4. The second kappa shape index (κ2) is 4.57. The Morgan fingerprint density at radius 1 is 1.53 bits per heavy atom. The number of H-pyrrole nitrogens is 1. The van der Waals surface area contributed by atoms with Crippen molar-refractivity contribution in [3.63, 3.8) is 0 Å². The number of nitrogens with zero attached hydrogens (tertiary/aromatic N) is 2. The van der Waals surface area contributed by atoms with E-state index in [1.165, 1.54) is 11.1 Å². The highest BCUT2D eigenvalue weighted by molar-refractivity contribution is 5.97. The number of carboxylic acids is 1. The van der Waals surface area contributed by atoms with Gasteiger partial charge in [0.05, 0.1) is 11.8 Å². The smallest absolute Gasteiger partial charge is 0.326 e. The molecule has 0 bridgehead atoms. The standard InChI is InChI=1S/C11H15N3O3/c1-7-8(6-12-13-7)10(15)14-5-3-2-4-9(14)11(16)17/h6,9H,2-5H2,1H3,(H,12,13)(H,16,17). The summed E-state index contributed by atoms with van der Waals surface area (Å²) < 4.78 is 0. The number of nitrogens with one attached hydrogen (secondary N) is 1. The lowest BCUT2D eigenvalue weighted by Crippen LogP contribution is -2.48. The zero-order valence-corrected chi connectivity index (χ0v) is 9.64. The monoisotopic (exact) mass is 237 g/mol. The highest BCUT2D eigenvalue weighted by Gasteiger charge is 2.33. The molecule has 1 fully saturated rings. The molecular weight excluding hydrogens is 222 g/mol. The van der Waals surface area contributed by atoms with Crippen LogP contribution in [-0.2, 0) is 4.79 Å². The van der Waals surface area contributed by atoms with Crippen LogP contribution >= 0.6 is 0 Å². The van der Waals surface area contributed by atoms with Crippen molar-refractivity contribution in [1.29, 1.82) is 0 Å². The third-order valence-electron chi connectivity index (χ3n) is 3.11. The van der Waals surface area contributed by atoms with Crippen molar-refractivity contribution in [3.05, 3.63) is 17.5 Å². The molecule has 6 nitrogen and oxygen atoms in total. The van der Waals surface area contributed by atoms with Crippen LogP contribution in [0.2, 0.25) is 0 Å². The summed E-state index contributed by atoms with van der Waals surface area (Å²) >= 11 is 0. The summed E-state index contributed by atoms with van der Waals surface area (Å²) in [6, 6.07) is -0.703. The summed E-state index contributed by atoms with van der Waals surface area (Å²) in [6.45, 7) is 2.25. The molecule has 17 heavy (non-hydrogen) atoms. The number of carbonyl (C=O) groups excluding carboxylic acids is 1. The van der Waals surface area contributed by atoms with Crippen LogP contribution in [0.3, 0.4) is 0 Å². The summed E-state index contributed by atoms with van der Waals surface area (Å²) in [5, 5.41) is 15.6. The Kier molecular flexibility index (Phi) is 3.12. The molecule has 0 aliphatic carbocycles. The van der Waals surface area contributed by atoms with Crippen molar-refractivity contribution in [2.75, 3.05) is 6.54 Å². The SMILES string of the molecule is Cc1[nH]ncc1C(=O)N1CCCCC1C(=O)O. The average Bonchev–Trinajstić information content (AvgIpc) is 2.74. The van der Waals surface area contributed by atoms with Crippen LogP contribution in [0.4, 0.5) is 0 Å². The first-order valence-corrected chi connectivity index (χ1v) is 5.65. The molecule has 1 aliphatic rings. The first-order chi connectivity index (χ1) is 8.11. The van der Waals surface area contributed by atoms with Gasteiger partial charge in [-0.3, -0.25) is 9.89 Å². The topological polar surface area (TPSA) is 86.3 Å². The number of aromatic amines is 1. The summed E-state index contributed by atoms with van der Waals surface area (Å²) in [5.74, 6) is -1.18. The lowest BCUT2D eigenvalue weighted by Gasteiger charge is -2.32. The molecule has 0 radical (unpaired) electrons.